The molecule has 11 heteroatoms. The van der Waals surface area contributed by atoms with Crippen molar-refractivity contribution in [2.24, 2.45) is 68.0 Å². The highest BCUT2D eigenvalue weighted by Gasteiger charge is 2.71. The molecule has 0 unspecified atom stereocenters. The van der Waals surface area contributed by atoms with E-state index in [0.717, 1.165) is 74.6 Å². The first-order valence-electron chi connectivity index (χ1n) is 24.0. The molecule has 1 heterocycles. The predicted octanol–water partition coefficient (Wildman–Crippen LogP) is 8.01. The van der Waals surface area contributed by atoms with Crippen molar-refractivity contribution in [3.63, 3.8) is 0 Å². The number of hydrogen-bond donors (Lipinski definition) is 3. The molecule has 0 amide bonds. The van der Waals surface area contributed by atoms with Crippen molar-refractivity contribution in [3.05, 3.63) is 46.5 Å². The molecule has 62 heavy (non-hydrogen) atoms. The number of nitrogens with zero attached hydrogens (tertiary/aromatic N) is 1. The normalized spacial score (nSPS) is 40.1. The molecule has 0 radical (unpaired) electrons. The van der Waals surface area contributed by atoms with Crippen LogP contribution < -0.4 is 5.32 Å². The van der Waals surface area contributed by atoms with Gasteiger partial charge in [-0.25, -0.2) is 8.42 Å². The summed E-state index contributed by atoms with van der Waals surface area (Å²) in [4.78, 5) is 41.9. The van der Waals surface area contributed by atoms with Crippen molar-refractivity contribution < 1.29 is 37.8 Å². The fourth-order valence-electron chi connectivity index (χ4n) is 15.7. The minimum absolute atomic E-state index is 0.0330. The molecule has 0 aromatic heterocycles. The fourth-order valence-corrected chi connectivity index (χ4v) is 17.0. The number of ketones is 1. The van der Waals surface area contributed by atoms with Gasteiger partial charge in [-0.05, 0) is 120 Å². The van der Waals surface area contributed by atoms with E-state index in [1.165, 1.54) is 5.57 Å². The predicted molar refractivity (Wildman–Crippen MR) is 240 cm³/mol. The number of aliphatic hydroxyl groups is 1. The smallest absolute Gasteiger partial charge is 0.309 e. The number of aliphatic hydroxyl groups excluding tert-OH is 1. The van der Waals surface area contributed by atoms with Gasteiger partial charge in [-0.15, -0.1) is 0 Å². The lowest BCUT2D eigenvalue weighted by Crippen LogP contribution is -2.66. The highest BCUT2D eigenvalue weighted by molar-refractivity contribution is 7.91. The number of sulfone groups is 1. The molecule has 0 spiro atoms. The quantitative estimate of drug-likeness (QED) is 0.187. The van der Waals surface area contributed by atoms with Crippen LogP contribution in [0, 0.1) is 68.0 Å². The number of fused-ring (bicyclic) bond motifs is 7. The summed E-state index contributed by atoms with van der Waals surface area (Å²) < 4.78 is 30.2. The van der Waals surface area contributed by atoms with Gasteiger partial charge in [0.2, 0.25) is 0 Å². The maximum absolute atomic E-state index is 14.2. The molecular weight excluding hydrogens is 801 g/mol. The summed E-state index contributed by atoms with van der Waals surface area (Å²) in [5, 5.41) is 25.6. The Morgan fingerprint density at radius 3 is 2.13 bits per heavy atom. The third-order valence-corrected chi connectivity index (χ3v) is 21.3. The molecule has 6 fully saturated rings. The van der Waals surface area contributed by atoms with Gasteiger partial charge in [-0.1, -0.05) is 92.2 Å². The Bertz CT molecular complexity index is 2080. The SMILES string of the molecule is CC(C)C1=C2[C@H]3CC[C@@H]4[C@@]5(C)CC[C@H](OC(=O)[C@H]6C[C@@H](C(=O)O)C6(C)C)C(C)(C)[C@@H]5CC[C@@]4(C)[C@]3(C)CC[C@@]2([C@@H](O)CNCc2ccc(CN3CCS(=O)(=O)CC3)cc2)CC1=O. The number of ether oxygens (including phenoxy) is 1. The van der Waals surface area contributed by atoms with Crippen LogP contribution >= 0.6 is 0 Å². The van der Waals surface area contributed by atoms with Crippen molar-refractivity contribution in [2.45, 2.75) is 152 Å². The number of carboxylic acids is 1. The van der Waals surface area contributed by atoms with E-state index in [4.69, 9.17) is 4.74 Å². The van der Waals surface area contributed by atoms with Crippen LogP contribution in [0.15, 0.2) is 35.4 Å². The molecule has 6 aliphatic carbocycles. The van der Waals surface area contributed by atoms with Crippen LogP contribution in [0.2, 0.25) is 0 Å². The molecule has 1 aromatic rings. The Hall–Kier alpha value is -2.60. The Kier molecular flexibility index (Phi) is 11.7. The molecular formula is C51H76N2O8S. The minimum atomic E-state index is -2.91. The van der Waals surface area contributed by atoms with E-state index in [2.05, 4.69) is 82.9 Å². The summed E-state index contributed by atoms with van der Waals surface area (Å²) in [5.41, 5.74) is 3.21. The van der Waals surface area contributed by atoms with Crippen LogP contribution in [0.25, 0.3) is 0 Å². The number of rotatable bonds is 11. The third-order valence-electron chi connectivity index (χ3n) is 19.7. The van der Waals surface area contributed by atoms with Crippen molar-refractivity contribution in [1.29, 1.82) is 0 Å². The standard InChI is InChI=1S/C51H76N2O8S/c1-31(2)42-37(54)27-51(40(55)29-52-28-32-10-12-33(13-11-32)30-53-22-24-62(59,60)25-23-53)21-20-49(8)34(43(42)51)14-15-39-48(7)18-17-41(47(5,6)38(48)16-19-50(39,49)9)61-45(58)36-26-35(44(56)57)46(36,3)4/h10-13,31,34-36,38-41,52,55H,14-30H2,1-9H3,(H,56,57)/t34-,35+,36-,38+,39-,40+,41+,48+,49-,50-,51+/m1/s1. The summed E-state index contributed by atoms with van der Waals surface area (Å²) in [7, 11) is -2.91. The second-order valence-electron chi connectivity index (χ2n) is 23.5. The van der Waals surface area contributed by atoms with Gasteiger partial charge >= 0.3 is 11.9 Å². The van der Waals surface area contributed by atoms with Crippen LogP contribution in [-0.2, 0) is 42.0 Å². The summed E-state index contributed by atoms with van der Waals surface area (Å²) in [5.74, 6) is -0.125. The van der Waals surface area contributed by atoms with Crippen LogP contribution in [0.4, 0.5) is 0 Å². The Morgan fingerprint density at radius 1 is 0.839 bits per heavy atom. The van der Waals surface area contributed by atoms with Gasteiger partial charge in [0.25, 0.3) is 0 Å². The average molecular weight is 877 g/mol. The van der Waals surface area contributed by atoms with E-state index in [9.17, 15) is 33.0 Å². The van der Waals surface area contributed by atoms with E-state index >= 15 is 0 Å². The number of aliphatic carboxylic acids is 1. The number of carbonyl (C=O) groups excluding carboxylic acids is 2. The molecule has 11 atom stereocenters. The largest absolute Gasteiger partial charge is 0.481 e. The monoisotopic (exact) mass is 877 g/mol. The van der Waals surface area contributed by atoms with Crippen molar-refractivity contribution >= 4 is 27.6 Å². The highest BCUT2D eigenvalue weighted by atomic mass is 32.2. The minimum Gasteiger partial charge on any atom is -0.481 e. The topological polar surface area (TPSA) is 150 Å². The van der Waals surface area contributed by atoms with Gasteiger partial charge in [-0.2, -0.15) is 0 Å². The second kappa shape index (κ2) is 15.8. The van der Waals surface area contributed by atoms with Gasteiger partial charge in [0.15, 0.2) is 15.6 Å². The lowest BCUT2D eigenvalue weighted by molar-refractivity contribution is -0.238. The Morgan fingerprint density at radius 2 is 1.50 bits per heavy atom. The number of esters is 1. The molecule has 0 bridgehead atoms. The van der Waals surface area contributed by atoms with E-state index in [-0.39, 0.29) is 62.9 Å². The number of benzene rings is 1. The number of allylic oxidation sites excluding steroid dienone is 1. The number of carboxylic acid groups (broad SMARTS) is 1. The first kappa shape index (κ1) is 45.9. The second-order valence-corrected chi connectivity index (χ2v) is 25.8. The zero-order chi connectivity index (χ0) is 45.0. The molecule has 5 saturated carbocycles. The van der Waals surface area contributed by atoms with Gasteiger partial charge in [0.1, 0.15) is 6.10 Å². The molecule has 3 N–H and O–H groups in total. The van der Waals surface area contributed by atoms with Gasteiger partial charge < -0.3 is 20.3 Å². The van der Waals surface area contributed by atoms with Gasteiger partial charge in [-0.3, -0.25) is 19.3 Å². The zero-order valence-electron chi connectivity index (χ0n) is 39.1. The maximum atomic E-state index is 14.2. The third kappa shape index (κ3) is 7.19. The first-order valence-corrected chi connectivity index (χ1v) is 25.8. The van der Waals surface area contributed by atoms with E-state index in [1.807, 2.05) is 13.8 Å². The maximum Gasteiger partial charge on any atom is 0.309 e. The number of hydrogen-bond acceptors (Lipinski definition) is 9. The van der Waals surface area contributed by atoms with Crippen LogP contribution in [-0.4, -0.2) is 84.6 Å². The summed E-state index contributed by atoms with van der Waals surface area (Å²) in [6.45, 7) is 23.3. The van der Waals surface area contributed by atoms with Crippen LogP contribution in [0.3, 0.4) is 0 Å². The van der Waals surface area contributed by atoms with E-state index in [1.54, 1.807) is 0 Å². The fraction of sp³-hybridized carbons (Fsp3) is 0.784. The van der Waals surface area contributed by atoms with E-state index in [0.29, 0.717) is 50.9 Å². The van der Waals surface area contributed by atoms with Crippen molar-refractivity contribution in [2.75, 3.05) is 31.1 Å². The highest BCUT2D eigenvalue weighted by Crippen LogP contribution is 2.77. The number of Topliss-reactive ketones (excluding diaryl/α,β-unsaturated/α-hetero) is 1. The molecule has 8 rings (SSSR count). The number of carbonyl (C=O) groups is 3. The Labute approximate surface area is 371 Å². The molecule has 1 aliphatic heterocycles. The molecule has 1 aromatic carbocycles. The van der Waals surface area contributed by atoms with Gasteiger partial charge in [0, 0.05) is 50.0 Å². The summed E-state index contributed by atoms with van der Waals surface area (Å²) >= 11 is 0. The lowest BCUT2D eigenvalue weighted by atomic mass is 9.33. The van der Waals surface area contributed by atoms with Crippen LogP contribution in [0.1, 0.15) is 138 Å². The number of nitrogens with one attached hydrogen (secondary N) is 1. The zero-order valence-corrected chi connectivity index (χ0v) is 40.0. The molecule has 7 aliphatic rings. The molecule has 10 nitrogen and oxygen atoms in total. The average Bonchev–Trinajstić information content (AvgIpc) is 3.50. The summed E-state index contributed by atoms with van der Waals surface area (Å²) in [6.07, 6.45) is 7.67. The van der Waals surface area contributed by atoms with Crippen molar-refractivity contribution in [3.8, 4) is 0 Å². The van der Waals surface area contributed by atoms with E-state index < -0.39 is 44.6 Å². The first-order chi connectivity index (χ1) is 28.9. The van der Waals surface area contributed by atoms with Crippen LogP contribution in [0.5, 0.6) is 0 Å². The van der Waals surface area contributed by atoms with Gasteiger partial charge in [0.05, 0.1) is 29.4 Å². The summed E-state index contributed by atoms with van der Waals surface area (Å²) in [6, 6.07) is 8.46. The van der Waals surface area contributed by atoms with Crippen molar-refractivity contribution in [1.82, 2.24) is 10.2 Å². The lowest BCUT2D eigenvalue weighted by Gasteiger charge is -2.72. The molecule has 1 saturated heterocycles. The Balaban J connectivity index is 0.964. The molecule has 344 valence electrons.